The number of aliphatic hydroxyl groups excluding tert-OH is 1. The summed E-state index contributed by atoms with van der Waals surface area (Å²) in [6.45, 7) is 5.15. The number of nitrogens with two attached hydrogens (primary N) is 1. The number of carbonyl (C=O) groups is 3. The SMILES string of the molecule is CCOC(=O)C(O)C(O)(C(=O)OCC)C(=O)c1cc(Br)c(N)c(CNC2(CC)CCCCC2)c1. The first-order valence-electron chi connectivity index (χ1n) is 11.7. The molecule has 10 heteroatoms. The molecular weight excluding hydrogens is 508 g/mol. The number of aliphatic hydroxyl groups is 2. The summed E-state index contributed by atoms with van der Waals surface area (Å²) in [4.78, 5) is 38.1. The van der Waals surface area contributed by atoms with Crippen molar-refractivity contribution in [3.8, 4) is 0 Å². The fourth-order valence-corrected chi connectivity index (χ4v) is 4.80. The third-order valence-electron chi connectivity index (χ3n) is 6.46. The number of ketones is 1. The molecule has 2 atom stereocenters. The molecule has 0 bridgehead atoms. The number of ether oxygens (including phenoxy) is 2. The molecule has 1 aliphatic rings. The normalized spacial score (nSPS) is 17.9. The van der Waals surface area contributed by atoms with Gasteiger partial charge >= 0.3 is 11.9 Å². The first-order valence-corrected chi connectivity index (χ1v) is 12.5. The van der Waals surface area contributed by atoms with E-state index in [2.05, 4.69) is 28.2 Å². The summed E-state index contributed by atoms with van der Waals surface area (Å²) in [5.41, 5.74) is 3.89. The summed E-state index contributed by atoms with van der Waals surface area (Å²) in [6, 6.07) is 2.78. The van der Waals surface area contributed by atoms with Crippen molar-refractivity contribution in [1.29, 1.82) is 0 Å². The molecule has 0 aromatic heterocycles. The molecule has 1 fully saturated rings. The molecule has 190 valence electrons. The highest BCUT2D eigenvalue weighted by atomic mass is 79.9. The van der Waals surface area contributed by atoms with Crippen LogP contribution in [0.1, 0.15) is 75.2 Å². The highest BCUT2D eigenvalue weighted by Gasteiger charge is 2.56. The predicted octanol–water partition coefficient (Wildman–Crippen LogP) is 2.63. The lowest BCUT2D eigenvalue weighted by Crippen LogP contribution is -2.60. The van der Waals surface area contributed by atoms with E-state index in [1.807, 2.05) is 0 Å². The average Bonchev–Trinajstić information content (AvgIpc) is 2.84. The fraction of sp³-hybridized carbons (Fsp3) is 0.625. The minimum absolute atomic E-state index is 0.0248. The maximum Gasteiger partial charge on any atom is 0.349 e. The van der Waals surface area contributed by atoms with E-state index in [4.69, 9.17) is 15.2 Å². The lowest BCUT2D eigenvalue weighted by molar-refractivity contribution is -0.182. The smallest absolute Gasteiger partial charge is 0.349 e. The molecule has 1 aromatic carbocycles. The number of Topliss-reactive ketones (excluding diaryl/α,β-unsaturated/α-hetero) is 1. The van der Waals surface area contributed by atoms with Crippen LogP contribution in [-0.4, -0.2) is 58.4 Å². The number of anilines is 1. The number of nitrogens with one attached hydrogen (secondary N) is 1. The Morgan fingerprint density at radius 3 is 2.32 bits per heavy atom. The number of esters is 2. The second kappa shape index (κ2) is 12.1. The van der Waals surface area contributed by atoms with Crippen LogP contribution in [0.25, 0.3) is 0 Å². The van der Waals surface area contributed by atoms with Gasteiger partial charge in [0.05, 0.1) is 18.9 Å². The van der Waals surface area contributed by atoms with Gasteiger partial charge in [-0.05, 0) is 66.7 Å². The average molecular weight is 543 g/mol. The van der Waals surface area contributed by atoms with E-state index in [1.165, 1.54) is 32.4 Å². The Labute approximate surface area is 208 Å². The number of rotatable bonds is 11. The van der Waals surface area contributed by atoms with Gasteiger partial charge in [-0.25, -0.2) is 9.59 Å². The molecule has 0 aliphatic heterocycles. The summed E-state index contributed by atoms with van der Waals surface area (Å²) >= 11 is 3.33. The molecule has 1 aromatic rings. The van der Waals surface area contributed by atoms with Gasteiger partial charge < -0.3 is 30.7 Å². The van der Waals surface area contributed by atoms with Crippen LogP contribution in [-0.2, 0) is 25.6 Å². The van der Waals surface area contributed by atoms with E-state index in [0.717, 1.165) is 32.1 Å². The van der Waals surface area contributed by atoms with E-state index in [-0.39, 0.29) is 24.3 Å². The summed E-state index contributed by atoms with van der Waals surface area (Å²) in [5, 5.41) is 25.0. The molecule has 0 amide bonds. The molecule has 2 rings (SSSR count). The number of hydrogen-bond donors (Lipinski definition) is 4. The molecule has 1 saturated carbocycles. The van der Waals surface area contributed by atoms with Crippen LogP contribution in [0.2, 0.25) is 0 Å². The summed E-state index contributed by atoms with van der Waals surface area (Å²) in [7, 11) is 0. The van der Waals surface area contributed by atoms with Crippen LogP contribution in [0.3, 0.4) is 0 Å². The van der Waals surface area contributed by atoms with Crippen LogP contribution in [0.15, 0.2) is 16.6 Å². The zero-order valence-corrected chi connectivity index (χ0v) is 21.6. The van der Waals surface area contributed by atoms with Crippen molar-refractivity contribution < 1.29 is 34.1 Å². The fourth-order valence-electron chi connectivity index (χ4n) is 4.30. The largest absolute Gasteiger partial charge is 0.464 e. The van der Waals surface area contributed by atoms with Crippen LogP contribution in [0.5, 0.6) is 0 Å². The molecule has 1 aliphatic carbocycles. The number of halogens is 1. The van der Waals surface area contributed by atoms with Crippen molar-refractivity contribution in [2.24, 2.45) is 0 Å². The number of nitrogen functional groups attached to an aromatic ring is 1. The minimum atomic E-state index is -3.18. The van der Waals surface area contributed by atoms with Crippen LogP contribution in [0.4, 0.5) is 5.69 Å². The van der Waals surface area contributed by atoms with Gasteiger partial charge in [-0.15, -0.1) is 0 Å². The molecule has 5 N–H and O–H groups in total. The summed E-state index contributed by atoms with van der Waals surface area (Å²) in [5.74, 6) is -3.96. The van der Waals surface area contributed by atoms with E-state index in [1.54, 1.807) is 0 Å². The van der Waals surface area contributed by atoms with Crippen molar-refractivity contribution in [3.63, 3.8) is 0 Å². The highest BCUT2D eigenvalue weighted by molar-refractivity contribution is 9.10. The second-order valence-electron chi connectivity index (χ2n) is 8.55. The first kappa shape index (κ1) is 28.2. The van der Waals surface area contributed by atoms with Gasteiger partial charge in [0.15, 0.2) is 6.10 Å². The Morgan fingerprint density at radius 1 is 1.15 bits per heavy atom. The van der Waals surface area contributed by atoms with E-state index in [9.17, 15) is 24.6 Å². The van der Waals surface area contributed by atoms with Crippen LogP contribution < -0.4 is 11.1 Å². The van der Waals surface area contributed by atoms with Gasteiger partial charge in [0.2, 0.25) is 5.78 Å². The Bertz CT molecular complexity index is 902. The Balaban J connectivity index is 2.43. The van der Waals surface area contributed by atoms with Crippen molar-refractivity contribution in [2.75, 3.05) is 18.9 Å². The van der Waals surface area contributed by atoms with Gasteiger partial charge in [0.25, 0.3) is 5.60 Å². The Hall–Kier alpha value is -2.01. The topological polar surface area (TPSA) is 148 Å². The van der Waals surface area contributed by atoms with Gasteiger partial charge in [0.1, 0.15) is 0 Å². The first-order chi connectivity index (χ1) is 16.1. The molecule has 0 saturated heterocycles. The Morgan fingerprint density at radius 2 is 1.76 bits per heavy atom. The maximum atomic E-state index is 13.4. The molecule has 0 radical (unpaired) electrons. The predicted molar refractivity (Wildman–Crippen MR) is 130 cm³/mol. The van der Waals surface area contributed by atoms with Crippen molar-refractivity contribution >= 4 is 39.3 Å². The van der Waals surface area contributed by atoms with Gasteiger partial charge in [-0.1, -0.05) is 26.2 Å². The zero-order valence-electron chi connectivity index (χ0n) is 20.0. The van der Waals surface area contributed by atoms with E-state index in [0.29, 0.717) is 22.3 Å². The van der Waals surface area contributed by atoms with Gasteiger partial charge in [-0.3, -0.25) is 4.79 Å². The minimum Gasteiger partial charge on any atom is -0.464 e. The molecule has 2 unspecified atom stereocenters. The number of benzene rings is 1. The molecule has 0 spiro atoms. The highest BCUT2D eigenvalue weighted by Crippen LogP contribution is 2.33. The third kappa shape index (κ3) is 5.97. The van der Waals surface area contributed by atoms with Crippen molar-refractivity contribution in [3.05, 3.63) is 27.7 Å². The van der Waals surface area contributed by atoms with Gasteiger partial charge in [0, 0.05) is 22.1 Å². The lowest BCUT2D eigenvalue weighted by atomic mass is 9.79. The zero-order chi connectivity index (χ0) is 25.5. The molecule has 34 heavy (non-hydrogen) atoms. The molecule has 0 heterocycles. The summed E-state index contributed by atoms with van der Waals surface area (Å²) in [6.07, 6.45) is 4.03. The lowest BCUT2D eigenvalue weighted by Gasteiger charge is -2.38. The molecule has 9 nitrogen and oxygen atoms in total. The van der Waals surface area contributed by atoms with Crippen molar-refractivity contribution in [1.82, 2.24) is 5.32 Å². The maximum absolute atomic E-state index is 13.4. The van der Waals surface area contributed by atoms with E-state index >= 15 is 0 Å². The van der Waals surface area contributed by atoms with Crippen LogP contribution >= 0.6 is 15.9 Å². The number of hydrogen-bond acceptors (Lipinski definition) is 9. The van der Waals surface area contributed by atoms with Crippen LogP contribution in [0, 0.1) is 0 Å². The van der Waals surface area contributed by atoms with Gasteiger partial charge in [-0.2, -0.15) is 0 Å². The van der Waals surface area contributed by atoms with Crippen molar-refractivity contribution in [2.45, 2.75) is 83.1 Å². The van der Waals surface area contributed by atoms with E-state index < -0.39 is 29.4 Å². The summed E-state index contributed by atoms with van der Waals surface area (Å²) < 4.78 is 9.90. The number of carbonyl (C=O) groups excluding carboxylic acids is 3. The third-order valence-corrected chi connectivity index (χ3v) is 7.11. The second-order valence-corrected chi connectivity index (χ2v) is 9.40. The molecular formula is C24H35BrN2O7. The Kier molecular flexibility index (Phi) is 10.0. The standard InChI is InChI=1S/C24H35BrN2O7/c1-4-23(10-8-7-9-11-23)27-14-16-12-15(13-17(25)18(16)26)19(28)24(32,22(31)34-6-3)20(29)21(30)33-5-2/h12-13,20,27,29,32H,4-11,14,26H2,1-3H3. The quantitative estimate of drug-likeness (QED) is 0.143. The monoisotopic (exact) mass is 542 g/mol.